The molecule has 0 unspecified atom stereocenters. The Morgan fingerprint density at radius 1 is 1.03 bits per heavy atom. The number of hydrogen-bond donors (Lipinski definition) is 3. The van der Waals surface area contributed by atoms with Crippen molar-refractivity contribution in [2.45, 2.75) is 6.42 Å². The minimum absolute atomic E-state index is 0.295. The van der Waals surface area contributed by atoms with Gasteiger partial charge in [-0.15, -0.1) is 0 Å². The standard InChI is InChI=1S/C21H16Cl2N6OS/c22-16-2-1-3-17(23)19(16)25-15-6-4-13(5-7-15)12-18-26-27-21(31)29(18)28-20(30)14-8-10-24-11-9-14/h1-11,25H,12H2,(H,27,31)(H,28,30). The number of amides is 1. The molecule has 0 bridgehead atoms. The van der Waals surface area contributed by atoms with E-state index < -0.39 is 0 Å². The van der Waals surface area contributed by atoms with Crippen molar-refractivity contribution < 1.29 is 4.79 Å². The lowest BCUT2D eigenvalue weighted by atomic mass is 10.1. The number of halogens is 2. The second kappa shape index (κ2) is 9.30. The maximum atomic E-state index is 12.5. The summed E-state index contributed by atoms with van der Waals surface area (Å²) < 4.78 is 1.76. The summed E-state index contributed by atoms with van der Waals surface area (Å²) in [5.41, 5.74) is 5.70. The molecule has 0 aliphatic heterocycles. The molecule has 2 aromatic heterocycles. The smallest absolute Gasteiger partial charge is 0.270 e. The fourth-order valence-corrected chi connectivity index (χ4v) is 3.57. The van der Waals surface area contributed by atoms with E-state index in [1.807, 2.05) is 24.3 Å². The Morgan fingerprint density at radius 3 is 2.39 bits per heavy atom. The third-order valence-corrected chi connectivity index (χ3v) is 5.35. The normalized spacial score (nSPS) is 10.6. The van der Waals surface area contributed by atoms with Gasteiger partial charge in [0.25, 0.3) is 5.91 Å². The zero-order valence-corrected chi connectivity index (χ0v) is 18.3. The highest BCUT2D eigenvalue weighted by molar-refractivity contribution is 7.71. The molecule has 0 radical (unpaired) electrons. The first-order valence-corrected chi connectivity index (χ1v) is 10.4. The number of pyridine rings is 1. The van der Waals surface area contributed by atoms with Gasteiger partial charge in [0.05, 0.1) is 15.7 Å². The van der Waals surface area contributed by atoms with Gasteiger partial charge in [-0.2, -0.15) is 5.10 Å². The molecule has 2 heterocycles. The van der Waals surface area contributed by atoms with Crippen LogP contribution in [0.2, 0.25) is 10.0 Å². The summed E-state index contributed by atoms with van der Waals surface area (Å²) >= 11 is 17.7. The first-order valence-electron chi connectivity index (χ1n) is 9.19. The topological polar surface area (TPSA) is 87.6 Å². The Morgan fingerprint density at radius 2 is 1.71 bits per heavy atom. The van der Waals surface area contributed by atoms with Gasteiger partial charge in [-0.3, -0.25) is 20.3 Å². The predicted molar refractivity (Wildman–Crippen MR) is 124 cm³/mol. The van der Waals surface area contributed by atoms with Crippen LogP contribution in [0.1, 0.15) is 21.7 Å². The fourth-order valence-electron chi connectivity index (χ4n) is 2.88. The molecule has 10 heteroatoms. The number of nitrogens with one attached hydrogen (secondary N) is 3. The second-order valence-electron chi connectivity index (χ2n) is 6.55. The van der Waals surface area contributed by atoms with Crippen LogP contribution in [0.25, 0.3) is 0 Å². The molecular formula is C21H16Cl2N6OS. The Hall–Kier alpha value is -3.20. The zero-order chi connectivity index (χ0) is 21.8. The highest BCUT2D eigenvalue weighted by Crippen LogP contribution is 2.32. The lowest BCUT2D eigenvalue weighted by molar-refractivity contribution is 0.101. The summed E-state index contributed by atoms with van der Waals surface area (Å²) in [5.74, 6) is 0.263. The van der Waals surface area contributed by atoms with E-state index in [1.165, 1.54) is 4.68 Å². The van der Waals surface area contributed by atoms with E-state index in [1.54, 1.807) is 42.7 Å². The van der Waals surface area contributed by atoms with Crippen LogP contribution < -0.4 is 10.7 Å². The number of benzene rings is 2. The minimum Gasteiger partial charge on any atom is -0.353 e. The van der Waals surface area contributed by atoms with Crippen LogP contribution in [0.3, 0.4) is 0 Å². The van der Waals surface area contributed by atoms with Crippen LogP contribution in [-0.2, 0) is 6.42 Å². The van der Waals surface area contributed by atoms with Gasteiger partial charge in [0.15, 0.2) is 5.82 Å². The molecule has 7 nitrogen and oxygen atoms in total. The van der Waals surface area contributed by atoms with Gasteiger partial charge < -0.3 is 5.32 Å². The number of para-hydroxylation sites is 1. The first-order chi connectivity index (χ1) is 15.0. The Bertz CT molecular complexity index is 1250. The number of hydrogen-bond acceptors (Lipinski definition) is 5. The Balaban J connectivity index is 1.49. The lowest BCUT2D eigenvalue weighted by Crippen LogP contribution is -2.25. The minimum atomic E-state index is -0.308. The van der Waals surface area contributed by atoms with Crippen molar-refractivity contribution >= 4 is 52.7 Å². The van der Waals surface area contributed by atoms with E-state index in [-0.39, 0.29) is 5.91 Å². The molecule has 0 atom stereocenters. The van der Waals surface area contributed by atoms with Gasteiger partial charge in [0.1, 0.15) is 0 Å². The number of aromatic amines is 1. The molecule has 2 aromatic carbocycles. The quantitative estimate of drug-likeness (QED) is 0.330. The van der Waals surface area contributed by atoms with Crippen molar-refractivity contribution in [3.8, 4) is 0 Å². The summed E-state index contributed by atoms with van der Waals surface area (Å²) in [6.45, 7) is 0. The molecule has 0 aliphatic rings. The summed E-state index contributed by atoms with van der Waals surface area (Å²) in [6, 6.07) is 16.3. The first kappa shape index (κ1) is 21.0. The average Bonchev–Trinajstić information content (AvgIpc) is 3.12. The van der Waals surface area contributed by atoms with E-state index in [9.17, 15) is 4.79 Å². The molecule has 1 amide bonds. The fraction of sp³-hybridized carbons (Fsp3) is 0.0476. The maximum absolute atomic E-state index is 12.5. The predicted octanol–water partition coefficient (Wildman–Crippen LogP) is 5.36. The van der Waals surface area contributed by atoms with E-state index in [2.05, 4.69) is 25.9 Å². The highest BCUT2D eigenvalue weighted by atomic mass is 35.5. The van der Waals surface area contributed by atoms with Gasteiger partial charge in [-0.25, -0.2) is 4.68 Å². The summed E-state index contributed by atoms with van der Waals surface area (Å²) in [7, 11) is 0. The number of carbonyl (C=O) groups is 1. The molecule has 4 aromatic rings. The van der Waals surface area contributed by atoms with Crippen molar-refractivity contribution in [3.05, 3.63) is 98.8 Å². The molecule has 0 aliphatic carbocycles. The van der Waals surface area contributed by atoms with Crippen LogP contribution >= 0.6 is 35.4 Å². The van der Waals surface area contributed by atoms with Gasteiger partial charge >= 0.3 is 0 Å². The molecule has 3 N–H and O–H groups in total. The molecule has 0 saturated carbocycles. The number of nitrogens with zero attached hydrogens (tertiary/aromatic N) is 3. The van der Waals surface area contributed by atoms with Gasteiger partial charge in [0, 0.05) is 30.1 Å². The van der Waals surface area contributed by atoms with Crippen LogP contribution in [0.4, 0.5) is 11.4 Å². The SMILES string of the molecule is O=C(Nn1c(Cc2ccc(Nc3c(Cl)cccc3Cl)cc2)n[nH]c1=S)c1ccncc1. The molecule has 156 valence electrons. The van der Waals surface area contributed by atoms with Gasteiger partial charge in [-0.1, -0.05) is 41.4 Å². The Kier molecular flexibility index (Phi) is 6.31. The van der Waals surface area contributed by atoms with Crippen molar-refractivity contribution in [2.75, 3.05) is 10.7 Å². The molecule has 0 spiro atoms. The van der Waals surface area contributed by atoms with E-state index in [4.69, 9.17) is 35.4 Å². The second-order valence-corrected chi connectivity index (χ2v) is 7.75. The monoisotopic (exact) mass is 470 g/mol. The average molecular weight is 471 g/mol. The van der Waals surface area contributed by atoms with E-state index in [0.717, 1.165) is 11.3 Å². The summed E-state index contributed by atoms with van der Waals surface area (Å²) in [4.78, 5) is 16.4. The molecule has 0 fully saturated rings. The van der Waals surface area contributed by atoms with Crippen molar-refractivity contribution in [3.63, 3.8) is 0 Å². The molecule has 31 heavy (non-hydrogen) atoms. The zero-order valence-electron chi connectivity index (χ0n) is 16.0. The highest BCUT2D eigenvalue weighted by Gasteiger charge is 2.12. The summed E-state index contributed by atoms with van der Waals surface area (Å²) in [5, 5.41) is 11.3. The number of carbonyl (C=O) groups excluding carboxylic acids is 1. The lowest BCUT2D eigenvalue weighted by Gasteiger charge is -2.11. The number of rotatable bonds is 6. The van der Waals surface area contributed by atoms with E-state index >= 15 is 0 Å². The van der Waals surface area contributed by atoms with E-state index in [0.29, 0.717) is 38.3 Å². The van der Waals surface area contributed by atoms with Crippen LogP contribution in [0, 0.1) is 4.77 Å². The van der Waals surface area contributed by atoms with Crippen molar-refractivity contribution in [1.29, 1.82) is 0 Å². The van der Waals surface area contributed by atoms with Crippen molar-refractivity contribution in [2.24, 2.45) is 0 Å². The largest absolute Gasteiger partial charge is 0.353 e. The van der Waals surface area contributed by atoms with Crippen LogP contribution in [0.15, 0.2) is 67.0 Å². The van der Waals surface area contributed by atoms with Gasteiger partial charge in [0.2, 0.25) is 4.77 Å². The molecular weight excluding hydrogens is 455 g/mol. The third-order valence-electron chi connectivity index (χ3n) is 4.45. The number of H-pyrrole nitrogens is 1. The number of anilines is 2. The third kappa shape index (κ3) is 4.93. The maximum Gasteiger partial charge on any atom is 0.270 e. The van der Waals surface area contributed by atoms with Crippen molar-refractivity contribution in [1.82, 2.24) is 19.9 Å². The summed E-state index contributed by atoms with van der Waals surface area (Å²) in [6.07, 6.45) is 3.56. The Labute approximate surface area is 193 Å². The molecule has 0 saturated heterocycles. The van der Waals surface area contributed by atoms with Crippen LogP contribution in [0.5, 0.6) is 0 Å². The van der Waals surface area contributed by atoms with Gasteiger partial charge in [-0.05, 0) is 54.2 Å². The molecule has 4 rings (SSSR count). The van der Waals surface area contributed by atoms with Crippen LogP contribution in [-0.4, -0.2) is 25.8 Å². The number of aromatic nitrogens is 4.